The van der Waals surface area contributed by atoms with Crippen molar-refractivity contribution in [1.29, 1.82) is 0 Å². The Morgan fingerprint density at radius 3 is 1.75 bits per heavy atom. The number of halogens is 1. The summed E-state index contributed by atoms with van der Waals surface area (Å²) in [6.45, 7) is 0. The Hall–Kier alpha value is -1.37. The van der Waals surface area contributed by atoms with Crippen LogP contribution >= 0.6 is 12.4 Å². The van der Waals surface area contributed by atoms with Crippen LogP contribution in [0.25, 0.3) is 0 Å². The summed E-state index contributed by atoms with van der Waals surface area (Å²) in [5, 5.41) is 8.42. The zero-order valence-electron chi connectivity index (χ0n) is 11.3. The van der Waals surface area contributed by atoms with Gasteiger partial charge in [0.05, 0.1) is 18.9 Å². The molecule has 0 bridgehead atoms. The molecule has 0 unspecified atom stereocenters. The smallest absolute Gasteiger partial charge is 0.312 e. The highest BCUT2D eigenvalue weighted by atomic mass is 35.5. The molecule has 5 N–H and O–H groups in total. The standard InChI is InChI=1S/C7H11NO2.C6H9NO2.ClH/c1-10-7(9)5-2-3-6(8)4-5;7-5-2-1-4(3-5)6(8)9;/h2-3,5-6H,4,8H2,1H3;1-2,4-5H,3,7H2,(H,8,9);1H/t5-,6+;4-,5+;/m00./s1. The monoisotopic (exact) mass is 304 g/mol. The summed E-state index contributed by atoms with van der Waals surface area (Å²) in [5.41, 5.74) is 10.9. The van der Waals surface area contributed by atoms with E-state index in [9.17, 15) is 9.59 Å². The highest BCUT2D eigenvalue weighted by Crippen LogP contribution is 2.17. The van der Waals surface area contributed by atoms with E-state index in [4.69, 9.17) is 16.6 Å². The van der Waals surface area contributed by atoms with Gasteiger partial charge in [-0.3, -0.25) is 9.59 Å². The first-order chi connectivity index (χ1) is 8.93. The third-order valence-corrected chi connectivity index (χ3v) is 3.05. The molecule has 6 nitrogen and oxygen atoms in total. The number of methoxy groups -OCH3 is 1. The predicted molar refractivity (Wildman–Crippen MR) is 77.3 cm³/mol. The lowest BCUT2D eigenvalue weighted by molar-refractivity contribution is -0.143. The van der Waals surface area contributed by atoms with Crippen LogP contribution in [0.4, 0.5) is 0 Å². The molecule has 0 spiro atoms. The average molecular weight is 305 g/mol. The van der Waals surface area contributed by atoms with E-state index in [-0.39, 0.29) is 42.3 Å². The van der Waals surface area contributed by atoms with Crippen LogP contribution in [0.2, 0.25) is 0 Å². The predicted octanol–water partition coefficient (Wildman–Crippen LogP) is 0.459. The molecule has 2 aliphatic carbocycles. The summed E-state index contributed by atoms with van der Waals surface area (Å²) in [4.78, 5) is 21.1. The van der Waals surface area contributed by atoms with Gasteiger partial charge in [0.25, 0.3) is 0 Å². The molecule has 0 aromatic rings. The van der Waals surface area contributed by atoms with E-state index >= 15 is 0 Å². The summed E-state index contributed by atoms with van der Waals surface area (Å²) in [7, 11) is 1.39. The highest BCUT2D eigenvalue weighted by molar-refractivity contribution is 5.85. The molecule has 0 aliphatic heterocycles. The molecule has 0 heterocycles. The molecule has 0 fully saturated rings. The number of carbonyl (C=O) groups excluding carboxylic acids is 1. The Labute approximate surface area is 124 Å². The molecule has 114 valence electrons. The van der Waals surface area contributed by atoms with Crippen molar-refractivity contribution < 1.29 is 19.4 Å². The Morgan fingerprint density at radius 1 is 1.05 bits per heavy atom. The van der Waals surface area contributed by atoms with Crippen LogP contribution in [0.1, 0.15) is 12.8 Å². The van der Waals surface area contributed by atoms with Gasteiger partial charge in [0.2, 0.25) is 0 Å². The van der Waals surface area contributed by atoms with Crippen molar-refractivity contribution in [2.75, 3.05) is 7.11 Å². The van der Waals surface area contributed by atoms with E-state index in [0.717, 1.165) is 0 Å². The topological polar surface area (TPSA) is 116 Å². The molecule has 7 heteroatoms. The Morgan fingerprint density at radius 2 is 1.50 bits per heavy atom. The van der Waals surface area contributed by atoms with Crippen molar-refractivity contribution in [2.45, 2.75) is 24.9 Å². The maximum Gasteiger partial charge on any atom is 0.312 e. The van der Waals surface area contributed by atoms with E-state index in [1.165, 1.54) is 7.11 Å². The maximum absolute atomic E-state index is 10.8. The van der Waals surface area contributed by atoms with Gasteiger partial charge in [-0.2, -0.15) is 0 Å². The van der Waals surface area contributed by atoms with Crippen LogP contribution in [0.3, 0.4) is 0 Å². The Kier molecular flexibility index (Phi) is 8.13. The van der Waals surface area contributed by atoms with E-state index in [2.05, 4.69) is 4.74 Å². The fraction of sp³-hybridized carbons (Fsp3) is 0.538. The number of aliphatic carboxylic acids is 1. The normalized spacial score (nSPS) is 30.1. The largest absolute Gasteiger partial charge is 0.481 e. The van der Waals surface area contributed by atoms with Gasteiger partial charge < -0.3 is 21.3 Å². The summed E-state index contributed by atoms with van der Waals surface area (Å²) in [5.74, 6) is -1.43. The lowest BCUT2D eigenvalue weighted by Gasteiger charge is -2.04. The SMILES string of the molecule is COC(=O)[C@H]1C=C[C@@H](N)C1.Cl.N[C@@H]1C=C[C@H](C(=O)O)C1. The molecule has 20 heavy (non-hydrogen) atoms. The van der Waals surface area contributed by atoms with Crippen molar-refractivity contribution >= 4 is 24.3 Å². The van der Waals surface area contributed by atoms with Gasteiger partial charge >= 0.3 is 11.9 Å². The van der Waals surface area contributed by atoms with Gasteiger partial charge in [-0.05, 0) is 12.8 Å². The van der Waals surface area contributed by atoms with Crippen LogP contribution < -0.4 is 11.5 Å². The molecule has 0 saturated heterocycles. The van der Waals surface area contributed by atoms with Crippen LogP contribution in [-0.2, 0) is 14.3 Å². The number of rotatable bonds is 2. The lowest BCUT2D eigenvalue weighted by Crippen LogP contribution is -2.19. The third kappa shape index (κ3) is 5.73. The van der Waals surface area contributed by atoms with Gasteiger partial charge in [0, 0.05) is 12.1 Å². The van der Waals surface area contributed by atoms with E-state index < -0.39 is 5.97 Å². The van der Waals surface area contributed by atoms with Crippen molar-refractivity contribution in [3.05, 3.63) is 24.3 Å². The molecule has 2 rings (SSSR count). The second-order valence-corrected chi connectivity index (χ2v) is 4.64. The second-order valence-electron chi connectivity index (χ2n) is 4.64. The van der Waals surface area contributed by atoms with Gasteiger partial charge in [0.15, 0.2) is 0 Å². The molecule has 0 aromatic heterocycles. The minimum atomic E-state index is -0.779. The third-order valence-electron chi connectivity index (χ3n) is 3.05. The number of esters is 1. The first-order valence-corrected chi connectivity index (χ1v) is 6.12. The molecule has 0 aromatic carbocycles. The minimum Gasteiger partial charge on any atom is -0.481 e. The molecule has 0 saturated carbocycles. The number of ether oxygens (including phenoxy) is 1. The number of nitrogens with two attached hydrogens (primary N) is 2. The van der Waals surface area contributed by atoms with Crippen molar-refractivity contribution in [3.63, 3.8) is 0 Å². The van der Waals surface area contributed by atoms with Gasteiger partial charge in [-0.1, -0.05) is 24.3 Å². The van der Waals surface area contributed by atoms with Crippen molar-refractivity contribution in [2.24, 2.45) is 23.3 Å². The first kappa shape index (κ1) is 18.6. The zero-order chi connectivity index (χ0) is 14.4. The van der Waals surface area contributed by atoms with Crippen molar-refractivity contribution in [1.82, 2.24) is 0 Å². The number of carboxylic acid groups (broad SMARTS) is 1. The first-order valence-electron chi connectivity index (χ1n) is 6.12. The fourth-order valence-electron chi connectivity index (χ4n) is 1.96. The lowest BCUT2D eigenvalue weighted by atomic mass is 10.1. The van der Waals surface area contributed by atoms with Crippen molar-refractivity contribution in [3.8, 4) is 0 Å². The summed E-state index contributed by atoms with van der Waals surface area (Å²) < 4.78 is 4.54. The zero-order valence-corrected chi connectivity index (χ0v) is 12.1. The minimum absolute atomic E-state index is 0. The van der Waals surface area contributed by atoms with Crippen LogP contribution in [0.5, 0.6) is 0 Å². The average Bonchev–Trinajstić information content (AvgIpc) is 2.98. The maximum atomic E-state index is 10.8. The quantitative estimate of drug-likeness (QED) is 0.504. The van der Waals surface area contributed by atoms with E-state index in [1.54, 1.807) is 18.2 Å². The van der Waals surface area contributed by atoms with Crippen LogP contribution in [0.15, 0.2) is 24.3 Å². The van der Waals surface area contributed by atoms with Gasteiger partial charge in [-0.15, -0.1) is 12.4 Å². The summed E-state index contributed by atoms with van der Waals surface area (Å²) >= 11 is 0. The molecule has 4 atom stereocenters. The number of carboxylic acids is 1. The Bertz CT molecular complexity index is 398. The van der Waals surface area contributed by atoms with E-state index in [0.29, 0.717) is 12.8 Å². The van der Waals surface area contributed by atoms with Crippen LogP contribution in [-0.4, -0.2) is 36.2 Å². The summed E-state index contributed by atoms with van der Waals surface area (Å²) in [6.07, 6.45) is 8.26. The molecular weight excluding hydrogens is 284 g/mol. The molecule has 0 amide bonds. The van der Waals surface area contributed by atoms with Gasteiger partial charge in [0.1, 0.15) is 0 Å². The van der Waals surface area contributed by atoms with E-state index in [1.807, 2.05) is 6.08 Å². The molecule has 0 radical (unpaired) electrons. The fourth-order valence-corrected chi connectivity index (χ4v) is 1.96. The number of hydrogen-bond acceptors (Lipinski definition) is 5. The van der Waals surface area contributed by atoms with Crippen LogP contribution in [0, 0.1) is 11.8 Å². The molecular formula is C13H21ClN2O4. The molecule has 2 aliphatic rings. The number of hydrogen-bond donors (Lipinski definition) is 3. The second kappa shape index (κ2) is 8.73. The Balaban J connectivity index is 0.000000345. The van der Waals surface area contributed by atoms with Gasteiger partial charge in [-0.25, -0.2) is 0 Å². The highest BCUT2D eigenvalue weighted by Gasteiger charge is 2.22. The summed E-state index contributed by atoms with van der Waals surface area (Å²) in [6, 6.07) is -0.0183. The number of carbonyl (C=O) groups is 2.